The van der Waals surface area contributed by atoms with Crippen molar-refractivity contribution >= 4 is 32.6 Å². The quantitative estimate of drug-likeness (QED) is 0.666. The number of aryl methyl sites for hydroxylation is 2. The van der Waals surface area contributed by atoms with Crippen molar-refractivity contribution in [2.75, 3.05) is 31.6 Å². The van der Waals surface area contributed by atoms with Gasteiger partial charge in [-0.2, -0.15) is 4.31 Å². The van der Waals surface area contributed by atoms with E-state index in [0.717, 1.165) is 17.2 Å². The molecule has 8 nitrogen and oxygen atoms in total. The highest BCUT2D eigenvalue weighted by Gasteiger charge is 2.26. The van der Waals surface area contributed by atoms with Crippen molar-refractivity contribution in [1.29, 1.82) is 0 Å². The van der Waals surface area contributed by atoms with Gasteiger partial charge in [0.15, 0.2) is 11.2 Å². The van der Waals surface area contributed by atoms with Gasteiger partial charge in [-0.05, 0) is 55.3 Å². The van der Waals surface area contributed by atoms with Crippen LogP contribution in [0.3, 0.4) is 0 Å². The maximum absolute atomic E-state index is 12.7. The first-order valence-corrected chi connectivity index (χ1v) is 11.2. The van der Waals surface area contributed by atoms with Gasteiger partial charge in [-0.25, -0.2) is 8.42 Å². The molecule has 0 spiro atoms. The van der Waals surface area contributed by atoms with Crippen molar-refractivity contribution in [3.63, 3.8) is 0 Å². The molecule has 162 valence electrons. The number of hydrogen-bond acceptors (Lipinski definition) is 6. The van der Waals surface area contributed by atoms with E-state index < -0.39 is 15.9 Å². The molecular formula is C22H22N2O6S. The zero-order chi connectivity index (χ0) is 22.2. The molecule has 3 aromatic rings. The van der Waals surface area contributed by atoms with Gasteiger partial charge >= 0.3 is 0 Å². The topological polar surface area (TPSA) is 106 Å². The van der Waals surface area contributed by atoms with E-state index in [1.54, 1.807) is 6.07 Å². The number of rotatable bonds is 4. The normalized spacial score (nSPS) is 15.2. The summed E-state index contributed by atoms with van der Waals surface area (Å²) in [5.74, 6) is -0.711. The molecule has 0 bridgehead atoms. The second kappa shape index (κ2) is 8.26. The number of morpholine rings is 1. The van der Waals surface area contributed by atoms with Gasteiger partial charge in [0.25, 0.3) is 5.91 Å². The number of anilines is 1. The van der Waals surface area contributed by atoms with Gasteiger partial charge in [0, 0.05) is 24.8 Å². The number of nitrogens with zero attached hydrogens (tertiary/aromatic N) is 1. The van der Waals surface area contributed by atoms with Crippen LogP contribution in [0.1, 0.15) is 21.7 Å². The van der Waals surface area contributed by atoms with Crippen LogP contribution >= 0.6 is 0 Å². The fourth-order valence-electron chi connectivity index (χ4n) is 3.56. The minimum atomic E-state index is -3.62. The van der Waals surface area contributed by atoms with Crippen LogP contribution in [0, 0.1) is 13.8 Å². The lowest BCUT2D eigenvalue weighted by Crippen LogP contribution is -2.40. The summed E-state index contributed by atoms with van der Waals surface area (Å²) in [6.07, 6.45) is 0. The van der Waals surface area contributed by atoms with E-state index in [2.05, 4.69) is 5.32 Å². The van der Waals surface area contributed by atoms with E-state index >= 15 is 0 Å². The van der Waals surface area contributed by atoms with Crippen LogP contribution < -0.4 is 10.7 Å². The van der Waals surface area contributed by atoms with Crippen LogP contribution in [0.15, 0.2) is 56.6 Å². The van der Waals surface area contributed by atoms with Crippen molar-refractivity contribution in [1.82, 2.24) is 4.31 Å². The van der Waals surface area contributed by atoms with E-state index in [9.17, 15) is 18.0 Å². The zero-order valence-electron chi connectivity index (χ0n) is 17.2. The predicted octanol–water partition coefficient (Wildman–Crippen LogP) is 2.68. The van der Waals surface area contributed by atoms with Gasteiger partial charge in [0.05, 0.1) is 23.5 Å². The Balaban J connectivity index is 1.56. The number of amides is 1. The summed E-state index contributed by atoms with van der Waals surface area (Å²) >= 11 is 0. The minimum absolute atomic E-state index is 0.116. The highest BCUT2D eigenvalue weighted by atomic mass is 32.2. The Morgan fingerprint density at radius 2 is 1.71 bits per heavy atom. The molecule has 1 aliphatic rings. The van der Waals surface area contributed by atoms with Crippen molar-refractivity contribution in [3.8, 4) is 0 Å². The van der Waals surface area contributed by atoms with Crippen LogP contribution in [-0.4, -0.2) is 44.9 Å². The summed E-state index contributed by atoms with van der Waals surface area (Å²) in [7, 11) is -3.62. The molecule has 0 unspecified atom stereocenters. The maximum Gasteiger partial charge on any atom is 0.291 e. The van der Waals surface area contributed by atoms with Crippen LogP contribution in [0.5, 0.6) is 0 Å². The first-order chi connectivity index (χ1) is 14.8. The summed E-state index contributed by atoms with van der Waals surface area (Å²) in [6.45, 7) is 5.04. The number of carbonyl (C=O) groups excluding carboxylic acids is 1. The lowest BCUT2D eigenvalue weighted by atomic mass is 10.1. The van der Waals surface area contributed by atoms with Crippen molar-refractivity contribution in [3.05, 3.63) is 69.6 Å². The second-order valence-corrected chi connectivity index (χ2v) is 9.37. The van der Waals surface area contributed by atoms with Gasteiger partial charge in [0.2, 0.25) is 10.0 Å². The van der Waals surface area contributed by atoms with E-state index in [0.29, 0.717) is 43.0 Å². The lowest BCUT2D eigenvalue weighted by Gasteiger charge is -2.26. The van der Waals surface area contributed by atoms with E-state index in [1.807, 2.05) is 19.9 Å². The summed E-state index contributed by atoms with van der Waals surface area (Å²) in [5, 5.41) is 3.06. The Hall–Kier alpha value is -3.01. The number of sulfonamides is 1. The third-order valence-corrected chi connectivity index (χ3v) is 7.02. The Labute approximate surface area is 179 Å². The molecule has 1 amide bonds. The Bertz CT molecular complexity index is 1310. The minimum Gasteiger partial charge on any atom is -0.450 e. The van der Waals surface area contributed by atoms with E-state index in [4.69, 9.17) is 9.15 Å². The number of fused-ring (bicyclic) bond motifs is 1. The van der Waals surface area contributed by atoms with Gasteiger partial charge in [0.1, 0.15) is 5.58 Å². The Morgan fingerprint density at radius 1 is 1.03 bits per heavy atom. The number of ether oxygens (including phenoxy) is 1. The monoisotopic (exact) mass is 442 g/mol. The smallest absolute Gasteiger partial charge is 0.291 e. The van der Waals surface area contributed by atoms with Gasteiger partial charge in [-0.1, -0.05) is 6.07 Å². The van der Waals surface area contributed by atoms with E-state index in [-0.39, 0.29) is 16.1 Å². The van der Waals surface area contributed by atoms with Crippen molar-refractivity contribution in [2.24, 2.45) is 0 Å². The van der Waals surface area contributed by atoms with Gasteiger partial charge in [-0.15, -0.1) is 0 Å². The molecule has 0 aliphatic carbocycles. The molecule has 0 saturated carbocycles. The average molecular weight is 442 g/mol. The fraction of sp³-hybridized carbons (Fsp3) is 0.273. The second-order valence-electron chi connectivity index (χ2n) is 7.43. The molecule has 1 saturated heterocycles. The van der Waals surface area contributed by atoms with Crippen molar-refractivity contribution in [2.45, 2.75) is 18.7 Å². The largest absolute Gasteiger partial charge is 0.450 e. The molecule has 31 heavy (non-hydrogen) atoms. The summed E-state index contributed by atoms with van der Waals surface area (Å²) in [4.78, 5) is 25.2. The molecule has 0 atom stereocenters. The van der Waals surface area contributed by atoms with Crippen molar-refractivity contribution < 1.29 is 22.4 Å². The van der Waals surface area contributed by atoms with Crippen LogP contribution in [0.4, 0.5) is 5.69 Å². The summed E-state index contributed by atoms with van der Waals surface area (Å²) < 4.78 is 37.7. The highest BCUT2D eigenvalue weighted by molar-refractivity contribution is 7.89. The standard InChI is InChI=1S/C22H22N2O6S/c1-14-11-15(2)21-18(12-14)19(25)13-20(30-21)22(26)23-16-3-5-17(6-4-16)31(27,28)24-7-9-29-10-8-24/h3-6,11-13H,7-10H2,1-2H3,(H,23,26). The third kappa shape index (κ3) is 4.25. The molecule has 4 rings (SSSR count). The number of nitrogens with one attached hydrogen (secondary N) is 1. The highest BCUT2D eigenvalue weighted by Crippen LogP contribution is 2.22. The third-order valence-electron chi connectivity index (χ3n) is 5.10. The predicted molar refractivity (Wildman–Crippen MR) is 116 cm³/mol. The first kappa shape index (κ1) is 21.2. The molecule has 2 heterocycles. The summed E-state index contributed by atoms with van der Waals surface area (Å²) in [6, 6.07) is 10.6. The van der Waals surface area contributed by atoms with Crippen LogP contribution in [-0.2, 0) is 14.8 Å². The molecule has 1 aromatic heterocycles. The lowest BCUT2D eigenvalue weighted by molar-refractivity contribution is 0.0730. The number of carbonyl (C=O) groups is 1. The maximum atomic E-state index is 12.7. The molecule has 0 radical (unpaired) electrons. The Kier molecular flexibility index (Phi) is 5.65. The SMILES string of the molecule is Cc1cc(C)c2oc(C(=O)Nc3ccc(S(=O)(=O)N4CCOCC4)cc3)cc(=O)c2c1. The average Bonchev–Trinajstić information content (AvgIpc) is 2.75. The molecular weight excluding hydrogens is 420 g/mol. The number of hydrogen-bond donors (Lipinski definition) is 1. The molecule has 1 aliphatic heterocycles. The van der Waals surface area contributed by atoms with E-state index in [1.165, 1.54) is 28.6 Å². The van der Waals surface area contributed by atoms with Crippen LogP contribution in [0.2, 0.25) is 0 Å². The fourth-order valence-corrected chi connectivity index (χ4v) is 4.97. The molecule has 1 fully saturated rings. The summed E-state index contributed by atoms with van der Waals surface area (Å²) in [5.41, 5.74) is 2.15. The first-order valence-electron chi connectivity index (χ1n) is 9.80. The number of benzene rings is 2. The molecule has 2 aromatic carbocycles. The van der Waals surface area contributed by atoms with Crippen LogP contribution in [0.25, 0.3) is 11.0 Å². The molecule has 9 heteroatoms. The zero-order valence-corrected chi connectivity index (χ0v) is 18.0. The van der Waals surface area contributed by atoms with Gasteiger partial charge < -0.3 is 14.5 Å². The van der Waals surface area contributed by atoms with Gasteiger partial charge in [-0.3, -0.25) is 9.59 Å². The Morgan fingerprint density at radius 3 is 2.39 bits per heavy atom. The molecule has 1 N–H and O–H groups in total.